The lowest BCUT2D eigenvalue weighted by Crippen LogP contribution is -2.59. The van der Waals surface area contributed by atoms with E-state index in [4.69, 9.17) is 9.47 Å². The van der Waals surface area contributed by atoms with Crippen molar-refractivity contribution in [3.05, 3.63) is 30.1 Å². The molecule has 2 aliphatic rings. The molecule has 3 rings (SSSR count). The Labute approximate surface area is 143 Å². The molecule has 134 valence electrons. The van der Waals surface area contributed by atoms with E-state index >= 15 is 0 Å². The minimum Gasteiger partial charge on any atom is -0.377 e. The predicted octanol–water partition coefficient (Wildman–Crippen LogP) is 0.335. The van der Waals surface area contributed by atoms with Gasteiger partial charge in [0.05, 0.1) is 25.6 Å². The van der Waals surface area contributed by atoms with Crippen LogP contribution in [0.1, 0.15) is 12.5 Å². The third kappa shape index (κ3) is 4.12. The van der Waals surface area contributed by atoms with Crippen LogP contribution in [0.2, 0.25) is 0 Å². The van der Waals surface area contributed by atoms with Gasteiger partial charge in [0.15, 0.2) is 0 Å². The molecule has 2 saturated heterocycles. The zero-order chi connectivity index (χ0) is 17.0. The number of hydrogen-bond acceptors (Lipinski definition) is 6. The van der Waals surface area contributed by atoms with Crippen molar-refractivity contribution in [1.82, 2.24) is 14.2 Å². The molecule has 0 saturated carbocycles. The normalized spacial score (nSPS) is 27.2. The van der Waals surface area contributed by atoms with Gasteiger partial charge >= 0.3 is 0 Å². The highest BCUT2D eigenvalue weighted by Gasteiger charge is 2.43. The second kappa shape index (κ2) is 7.45. The van der Waals surface area contributed by atoms with E-state index in [0.29, 0.717) is 39.5 Å². The molecule has 0 bridgehead atoms. The summed E-state index contributed by atoms with van der Waals surface area (Å²) < 4.78 is 37.8. The molecule has 1 spiro atoms. The van der Waals surface area contributed by atoms with Crippen molar-refractivity contribution in [3.8, 4) is 0 Å². The lowest BCUT2D eigenvalue weighted by molar-refractivity contribution is -0.126. The number of aromatic nitrogens is 1. The summed E-state index contributed by atoms with van der Waals surface area (Å²) in [7, 11) is -3.22. The fourth-order valence-electron chi connectivity index (χ4n) is 3.28. The molecular weight excluding hydrogens is 330 g/mol. The van der Waals surface area contributed by atoms with Gasteiger partial charge in [-0.1, -0.05) is 6.07 Å². The Morgan fingerprint density at radius 2 is 2.17 bits per heavy atom. The van der Waals surface area contributed by atoms with Gasteiger partial charge in [-0.2, -0.15) is 4.31 Å². The second-order valence-corrected chi connectivity index (χ2v) is 8.65. The minimum atomic E-state index is -3.22. The van der Waals surface area contributed by atoms with Gasteiger partial charge < -0.3 is 9.47 Å². The zero-order valence-electron chi connectivity index (χ0n) is 14.1. The standard InChI is InChI=1S/C16H25N3O4S/c1-2-24(20,21)19-7-9-23-16(13-19)12-18(6-8-22-14-16)11-15-4-3-5-17-10-15/h3-5,10H,2,6-9,11-14H2,1H3/t16-/m1/s1. The molecule has 24 heavy (non-hydrogen) atoms. The third-order valence-electron chi connectivity index (χ3n) is 4.53. The molecule has 2 fully saturated rings. The second-order valence-electron chi connectivity index (χ2n) is 6.39. The SMILES string of the molecule is CCS(=O)(=O)N1CCO[C@@]2(COCCN(Cc3cccnc3)C2)C1. The molecule has 2 aliphatic heterocycles. The lowest BCUT2D eigenvalue weighted by Gasteiger charge is -2.42. The Bertz CT molecular complexity index is 640. The van der Waals surface area contributed by atoms with E-state index in [1.54, 1.807) is 17.4 Å². The topological polar surface area (TPSA) is 72.0 Å². The monoisotopic (exact) mass is 355 g/mol. The first-order valence-electron chi connectivity index (χ1n) is 8.34. The van der Waals surface area contributed by atoms with Gasteiger partial charge in [-0.3, -0.25) is 9.88 Å². The zero-order valence-corrected chi connectivity index (χ0v) is 14.9. The molecule has 1 atom stereocenters. The quantitative estimate of drug-likeness (QED) is 0.775. The van der Waals surface area contributed by atoms with Gasteiger partial charge in [-0.15, -0.1) is 0 Å². The van der Waals surface area contributed by atoms with E-state index in [9.17, 15) is 8.42 Å². The molecule has 3 heterocycles. The van der Waals surface area contributed by atoms with Gasteiger partial charge in [-0.05, 0) is 18.6 Å². The first-order chi connectivity index (χ1) is 11.5. The summed E-state index contributed by atoms with van der Waals surface area (Å²) in [6.07, 6.45) is 3.61. The molecule has 0 amide bonds. The summed E-state index contributed by atoms with van der Waals surface area (Å²) in [4.78, 5) is 6.41. The maximum Gasteiger partial charge on any atom is 0.214 e. The van der Waals surface area contributed by atoms with Crippen molar-refractivity contribution in [1.29, 1.82) is 0 Å². The average Bonchev–Trinajstić information content (AvgIpc) is 2.78. The fraction of sp³-hybridized carbons (Fsp3) is 0.688. The first-order valence-corrected chi connectivity index (χ1v) is 9.95. The summed E-state index contributed by atoms with van der Waals surface area (Å²) in [6, 6.07) is 3.97. The van der Waals surface area contributed by atoms with Gasteiger partial charge in [0.25, 0.3) is 0 Å². The van der Waals surface area contributed by atoms with Gasteiger partial charge in [-0.25, -0.2) is 8.42 Å². The summed E-state index contributed by atoms with van der Waals surface area (Å²) in [5, 5.41) is 0. The summed E-state index contributed by atoms with van der Waals surface area (Å²) in [5.41, 5.74) is 0.530. The van der Waals surface area contributed by atoms with Crippen LogP contribution in [-0.4, -0.2) is 80.0 Å². The van der Waals surface area contributed by atoms with E-state index in [1.165, 1.54) is 0 Å². The largest absolute Gasteiger partial charge is 0.377 e. The molecule has 8 heteroatoms. The molecule has 1 aromatic rings. The Balaban J connectivity index is 1.73. The third-order valence-corrected chi connectivity index (χ3v) is 6.36. The maximum atomic E-state index is 12.2. The van der Waals surface area contributed by atoms with Crippen LogP contribution in [0.15, 0.2) is 24.5 Å². The smallest absolute Gasteiger partial charge is 0.214 e. The summed E-state index contributed by atoms with van der Waals surface area (Å²) >= 11 is 0. The Morgan fingerprint density at radius 1 is 1.29 bits per heavy atom. The number of morpholine rings is 1. The fourth-order valence-corrected chi connectivity index (χ4v) is 4.43. The molecule has 0 aliphatic carbocycles. The van der Waals surface area contributed by atoms with Crippen LogP contribution < -0.4 is 0 Å². The van der Waals surface area contributed by atoms with E-state index in [2.05, 4.69) is 9.88 Å². The highest BCUT2D eigenvalue weighted by atomic mass is 32.2. The summed E-state index contributed by atoms with van der Waals surface area (Å²) in [5.74, 6) is 0.114. The predicted molar refractivity (Wildman–Crippen MR) is 90.0 cm³/mol. The molecular formula is C16H25N3O4S. The van der Waals surface area contributed by atoms with Crippen LogP contribution >= 0.6 is 0 Å². The molecule has 0 unspecified atom stereocenters. The van der Waals surface area contributed by atoms with Gasteiger partial charge in [0, 0.05) is 45.1 Å². The van der Waals surface area contributed by atoms with Crippen LogP contribution in [0, 0.1) is 0 Å². The van der Waals surface area contributed by atoms with Gasteiger partial charge in [0.2, 0.25) is 10.0 Å². The highest BCUT2D eigenvalue weighted by molar-refractivity contribution is 7.89. The van der Waals surface area contributed by atoms with Crippen LogP contribution in [0.5, 0.6) is 0 Å². The van der Waals surface area contributed by atoms with Crippen molar-refractivity contribution < 1.29 is 17.9 Å². The van der Waals surface area contributed by atoms with Crippen molar-refractivity contribution in [2.45, 2.75) is 19.1 Å². The van der Waals surface area contributed by atoms with Crippen molar-refractivity contribution in [3.63, 3.8) is 0 Å². The van der Waals surface area contributed by atoms with Crippen molar-refractivity contribution in [2.24, 2.45) is 0 Å². The van der Waals surface area contributed by atoms with Crippen LogP contribution in [0.25, 0.3) is 0 Å². The number of sulfonamides is 1. The number of nitrogens with zero attached hydrogens (tertiary/aromatic N) is 3. The Kier molecular flexibility index (Phi) is 5.51. The molecule has 1 aromatic heterocycles. The molecule has 0 N–H and O–H groups in total. The van der Waals surface area contributed by atoms with E-state index < -0.39 is 15.6 Å². The van der Waals surface area contributed by atoms with Crippen molar-refractivity contribution >= 4 is 10.0 Å². The first kappa shape index (κ1) is 17.8. The van der Waals surface area contributed by atoms with Crippen LogP contribution in [-0.2, 0) is 26.0 Å². The summed E-state index contributed by atoms with van der Waals surface area (Å²) in [6.45, 7) is 6.09. The lowest BCUT2D eigenvalue weighted by atomic mass is 10.0. The molecule has 7 nitrogen and oxygen atoms in total. The van der Waals surface area contributed by atoms with Gasteiger partial charge in [0.1, 0.15) is 5.60 Å². The number of hydrogen-bond donors (Lipinski definition) is 0. The van der Waals surface area contributed by atoms with Crippen molar-refractivity contribution in [2.75, 3.05) is 51.8 Å². The molecule has 0 aromatic carbocycles. The average molecular weight is 355 g/mol. The minimum absolute atomic E-state index is 0.114. The van der Waals surface area contributed by atoms with Crippen LogP contribution in [0.4, 0.5) is 0 Å². The van der Waals surface area contributed by atoms with E-state index in [1.807, 2.05) is 18.3 Å². The Hall–Kier alpha value is -1.06. The van der Waals surface area contributed by atoms with E-state index in [-0.39, 0.29) is 5.75 Å². The highest BCUT2D eigenvalue weighted by Crippen LogP contribution is 2.25. The number of ether oxygens (including phenoxy) is 2. The number of rotatable bonds is 4. The Morgan fingerprint density at radius 3 is 2.92 bits per heavy atom. The van der Waals surface area contributed by atoms with Crippen LogP contribution in [0.3, 0.4) is 0 Å². The maximum absolute atomic E-state index is 12.2. The number of pyridine rings is 1. The van der Waals surface area contributed by atoms with E-state index in [0.717, 1.165) is 18.7 Å². The molecule has 0 radical (unpaired) electrons.